The number of anilines is 1. The first-order valence-electron chi connectivity index (χ1n) is 10.8. The lowest BCUT2D eigenvalue weighted by molar-refractivity contribution is -0.0953. The first kappa shape index (κ1) is 23.8. The molecule has 1 aromatic carbocycles. The highest BCUT2D eigenvalue weighted by Crippen LogP contribution is 2.57. The molecule has 0 amide bonds. The molecule has 2 fully saturated rings. The minimum atomic E-state index is -3.99. The van der Waals surface area contributed by atoms with Crippen molar-refractivity contribution >= 4 is 24.8 Å². The first-order chi connectivity index (χ1) is 16.7. The smallest absolute Gasteiger partial charge is 0.387 e. The number of fused-ring (bicyclic) bond motifs is 1. The molecule has 4 N–H and O–H groups in total. The van der Waals surface area contributed by atoms with Gasteiger partial charge < -0.3 is 20.7 Å². The molecule has 35 heavy (non-hydrogen) atoms. The number of rotatable bonds is 5. The Labute approximate surface area is 199 Å². The van der Waals surface area contributed by atoms with Gasteiger partial charge in [-0.1, -0.05) is 12.1 Å². The maximum atomic E-state index is 13.1. The molecule has 184 valence electrons. The summed E-state index contributed by atoms with van der Waals surface area (Å²) in [5.74, 6) is 0.160. The molecule has 13 nitrogen and oxygen atoms in total. The molecule has 6 atom stereocenters. The number of nitrogen functional groups attached to an aromatic ring is 1. The molecule has 2 saturated heterocycles. The molecule has 3 aromatic rings. The van der Waals surface area contributed by atoms with Crippen LogP contribution in [0.4, 0.5) is 5.82 Å². The van der Waals surface area contributed by atoms with Gasteiger partial charge in [0.2, 0.25) is 0 Å². The molecule has 14 heteroatoms. The molecule has 5 rings (SSSR count). The number of phosphoric acid groups is 1. The van der Waals surface area contributed by atoms with E-state index in [1.807, 2.05) is 6.07 Å². The average molecular weight is 502 g/mol. The number of ether oxygens (including phenoxy) is 1. The van der Waals surface area contributed by atoms with Gasteiger partial charge in [-0.3, -0.25) is 18.1 Å². The highest BCUT2D eigenvalue weighted by atomic mass is 31.2. The first-order valence-corrected chi connectivity index (χ1v) is 12.2. The van der Waals surface area contributed by atoms with Crippen molar-refractivity contribution in [1.82, 2.24) is 19.5 Å². The van der Waals surface area contributed by atoms with Crippen LogP contribution in [0.2, 0.25) is 0 Å². The monoisotopic (exact) mass is 502 g/mol. The Hall–Kier alpha value is -2.95. The number of nitriles is 1. The number of phosphoric ester groups is 1. The van der Waals surface area contributed by atoms with E-state index in [-0.39, 0.29) is 19.0 Å². The van der Waals surface area contributed by atoms with Crippen LogP contribution in [0.15, 0.2) is 36.9 Å². The summed E-state index contributed by atoms with van der Waals surface area (Å²) in [7, 11) is -3.99. The molecule has 0 aliphatic carbocycles. The van der Waals surface area contributed by atoms with Crippen LogP contribution in [0.5, 0.6) is 0 Å². The third-order valence-corrected chi connectivity index (χ3v) is 7.57. The summed E-state index contributed by atoms with van der Waals surface area (Å²) in [6, 6.07) is 8.76. The molecule has 0 saturated carbocycles. The SMILES string of the molecule is C[C@@]1(O)[C@H](O)[C@@H](COP2(=O)OCCC(c3ccc(C#N)cc3)O2)O[C@H]1n1cnc2c(N)ncnc21. The zero-order valence-corrected chi connectivity index (χ0v) is 19.5. The van der Waals surface area contributed by atoms with Gasteiger partial charge in [0.25, 0.3) is 0 Å². The Morgan fingerprint density at radius 1 is 1.34 bits per heavy atom. The van der Waals surface area contributed by atoms with Gasteiger partial charge in [-0.15, -0.1) is 0 Å². The summed E-state index contributed by atoms with van der Waals surface area (Å²) < 4.78 is 36.9. The van der Waals surface area contributed by atoms with Crippen molar-refractivity contribution in [3.05, 3.63) is 48.0 Å². The normalized spacial score (nSPS) is 33.1. The predicted molar refractivity (Wildman–Crippen MR) is 119 cm³/mol. The molecular formula is C21H23N6O7P. The van der Waals surface area contributed by atoms with Crippen LogP contribution < -0.4 is 5.73 Å². The van der Waals surface area contributed by atoms with Gasteiger partial charge in [-0.05, 0) is 24.6 Å². The Bertz CT molecular complexity index is 1320. The number of hydrogen-bond donors (Lipinski definition) is 3. The van der Waals surface area contributed by atoms with Crippen LogP contribution >= 0.6 is 7.82 Å². The second kappa shape index (κ2) is 8.92. The number of aliphatic hydroxyl groups excluding tert-OH is 1. The summed E-state index contributed by atoms with van der Waals surface area (Å²) in [5, 5.41) is 30.7. The number of nitrogens with two attached hydrogens (primary N) is 1. The van der Waals surface area contributed by atoms with Crippen LogP contribution in [-0.2, 0) is 22.9 Å². The molecule has 0 bridgehead atoms. The Morgan fingerprint density at radius 2 is 2.11 bits per heavy atom. The second-order valence-electron chi connectivity index (χ2n) is 8.47. The number of aliphatic hydroxyl groups is 2. The number of benzene rings is 1. The summed E-state index contributed by atoms with van der Waals surface area (Å²) in [6.07, 6.45) is -1.06. The summed E-state index contributed by atoms with van der Waals surface area (Å²) in [6.45, 7) is 1.14. The van der Waals surface area contributed by atoms with Crippen molar-refractivity contribution in [3.63, 3.8) is 0 Å². The van der Waals surface area contributed by atoms with Gasteiger partial charge in [-0.25, -0.2) is 19.5 Å². The molecule has 2 unspecified atom stereocenters. The van der Waals surface area contributed by atoms with E-state index in [4.69, 9.17) is 29.3 Å². The largest absolute Gasteiger partial charge is 0.475 e. The Kier molecular flexibility index (Phi) is 6.06. The average Bonchev–Trinajstić information content (AvgIpc) is 3.37. The number of nitrogens with zero attached hydrogens (tertiary/aromatic N) is 5. The highest BCUT2D eigenvalue weighted by molar-refractivity contribution is 7.48. The van der Waals surface area contributed by atoms with Gasteiger partial charge in [0.15, 0.2) is 17.7 Å². The molecule has 4 heterocycles. The topological polar surface area (TPSA) is 188 Å². The van der Waals surface area contributed by atoms with Crippen molar-refractivity contribution in [1.29, 1.82) is 5.26 Å². The predicted octanol–water partition coefficient (Wildman–Crippen LogP) is 1.59. The van der Waals surface area contributed by atoms with Gasteiger partial charge in [0, 0.05) is 6.42 Å². The van der Waals surface area contributed by atoms with Gasteiger partial charge in [-0.2, -0.15) is 5.26 Å². The van der Waals surface area contributed by atoms with Gasteiger partial charge in [0.05, 0.1) is 37.3 Å². The summed E-state index contributed by atoms with van der Waals surface area (Å²) in [5.41, 5.74) is 5.92. The van der Waals surface area contributed by atoms with Gasteiger partial charge >= 0.3 is 7.82 Å². The minimum Gasteiger partial charge on any atom is -0.387 e. The molecular weight excluding hydrogens is 479 g/mol. The van der Waals surface area contributed by atoms with E-state index in [0.29, 0.717) is 23.1 Å². The number of hydrogen-bond acceptors (Lipinski definition) is 12. The standard InChI is InChI=1S/C21H23N6O7P/c1-21(29)17(28)15(33-20(21)27-11-26-16-18(23)24-10-25-19(16)27)9-32-35(30)31-7-6-14(34-35)13-4-2-12(8-22)3-5-13/h2-5,10-11,14-15,17,20,28-29H,6-7,9H2,1H3,(H2,23,24,25)/t14?,15-,17-,20-,21-,35?/m1/s1. The molecule has 2 aliphatic heterocycles. The Balaban J connectivity index is 1.29. The summed E-state index contributed by atoms with van der Waals surface area (Å²) >= 11 is 0. The van der Waals surface area contributed by atoms with E-state index < -0.39 is 38.0 Å². The van der Waals surface area contributed by atoms with Gasteiger partial charge in [0.1, 0.15) is 29.7 Å². The minimum absolute atomic E-state index is 0.124. The van der Waals surface area contributed by atoms with Crippen LogP contribution in [-0.4, -0.2) is 60.8 Å². The van der Waals surface area contributed by atoms with E-state index in [1.54, 1.807) is 24.3 Å². The van der Waals surface area contributed by atoms with E-state index in [2.05, 4.69) is 15.0 Å². The molecule has 0 radical (unpaired) electrons. The summed E-state index contributed by atoms with van der Waals surface area (Å²) in [4.78, 5) is 12.2. The van der Waals surface area contributed by atoms with Crippen molar-refractivity contribution in [2.24, 2.45) is 0 Å². The van der Waals surface area contributed by atoms with Crippen molar-refractivity contribution in [2.45, 2.75) is 43.5 Å². The van der Waals surface area contributed by atoms with E-state index >= 15 is 0 Å². The van der Waals surface area contributed by atoms with Crippen molar-refractivity contribution in [3.8, 4) is 6.07 Å². The number of imidazole rings is 1. The molecule has 0 spiro atoms. The zero-order chi connectivity index (χ0) is 24.8. The van der Waals surface area contributed by atoms with Crippen molar-refractivity contribution < 1.29 is 33.1 Å². The number of aromatic nitrogens is 4. The molecule has 2 aromatic heterocycles. The van der Waals surface area contributed by atoms with E-state index in [1.165, 1.54) is 24.1 Å². The maximum Gasteiger partial charge on any atom is 0.475 e. The third-order valence-electron chi connectivity index (χ3n) is 6.09. The van der Waals surface area contributed by atoms with Crippen LogP contribution in [0.25, 0.3) is 11.2 Å². The van der Waals surface area contributed by atoms with Crippen LogP contribution in [0.1, 0.15) is 36.8 Å². The lowest BCUT2D eigenvalue weighted by Gasteiger charge is -2.30. The van der Waals surface area contributed by atoms with E-state index in [9.17, 15) is 14.8 Å². The fourth-order valence-corrected chi connectivity index (χ4v) is 5.56. The maximum absolute atomic E-state index is 13.1. The quantitative estimate of drug-likeness (QED) is 0.428. The zero-order valence-electron chi connectivity index (χ0n) is 18.6. The molecule has 2 aliphatic rings. The fourth-order valence-electron chi connectivity index (χ4n) is 4.16. The lowest BCUT2D eigenvalue weighted by Crippen LogP contribution is -2.44. The van der Waals surface area contributed by atoms with Crippen LogP contribution in [0, 0.1) is 11.3 Å². The van der Waals surface area contributed by atoms with Crippen molar-refractivity contribution in [2.75, 3.05) is 18.9 Å². The fraction of sp³-hybridized carbons (Fsp3) is 0.429. The third kappa shape index (κ3) is 4.30. The van der Waals surface area contributed by atoms with Crippen LogP contribution in [0.3, 0.4) is 0 Å². The lowest BCUT2D eigenvalue weighted by atomic mass is 9.96. The second-order valence-corrected chi connectivity index (χ2v) is 10.1. The van der Waals surface area contributed by atoms with E-state index in [0.717, 1.165) is 5.56 Å². The Morgan fingerprint density at radius 3 is 2.86 bits per heavy atom. The highest BCUT2D eigenvalue weighted by Gasteiger charge is 2.54.